The molecule has 0 bridgehead atoms. The maximum Gasteiger partial charge on any atom is 0.317 e. The van der Waals surface area contributed by atoms with Gasteiger partial charge in [0.25, 0.3) is 0 Å². The molecule has 0 aliphatic carbocycles. The highest BCUT2D eigenvalue weighted by Crippen LogP contribution is 2.15. The molecule has 0 spiro atoms. The van der Waals surface area contributed by atoms with Gasteiger partial charge in [-0.1, -0.05) is 6.07 Å². The van der Waals surface area contributed by atoms with Gasteiger partial charge in [-0.3, -0.25) is 14.5 Å². The number of rotatable bonds is 6. The van der Waals surface area contributed by atoms with Gasteiger partial charge in [0.2, 0.25) is 5.91 Å². The van der Waals surface area contributed by atoms with E-state index in [4.69, 9.17) is 9.84 Å². The number of nitrogens with zero attached hydrogens (tertiary/aromatic N) is 2. The minimum absolute atomic E-state index is 0.131. The van der Waals surface area contributed by atoms with Crippen LogP contribution >= 0.6 is 0 Å². The van der Waals surface area contributed by atoms with Gasteiger partial charge < -0.3 is 14.7 Å². The first-order valence-electron chi connectivity index (χ1n) is 7.59. The number of carboxylic acids is 1. The van der Waals surface area contributed by atoms with E-state index in [0.29, 0.717) is 19.7 Å². The monoisotopic (exact) mass is 342 g/mol. The molecule has 1 fully saturated rings. The third-order valence-corrected chi connectivity index (χ3v) is 3.80. The summed E-state index contributed by atoms with van der Waals surface area (Å²) in [6.45, 7) is 1.13. The summed E-state index contributed by atoms with van der Waals surface area (Å²) in [5, 5.41) is 8.75. The molecule has 24 heavy (non-hydrogen) atoms. The first-order chi connectivity index (χ1) is 11.4. The van der Waals surface area contributed by atoms with E-state index in [1.54, 1.807) is 11.9 Å². The molecule has 2 rings (SSSR count). The van der Waals surface area contributed by atoms with Crippen LogP contribution in [0, 0.1) is 11.6 Å². The number of hydrogen-bond acceptors (Lipinski definition) is 4. The number of likely N-dealkylation sites (N-methyl/N-ethyl adjacent to an activating group) is 1. The van der Waals surface area contributed by atoms with E-state index < -0.39 is 17.6 Å². The fourth-order valence-corrected chi connectivity index (χ4v) is 2.66. The Balaban J connectivity index is 1.94. The van der Waals surface area contributed by atoms with Crippen molar-refractivity contribution in [3.05, 3.63) is 35.4 Å². The number of aliphatic carboxylic acids is 1. The van der Waals surface area contributed by atoms with Crippen LogP contribution in [0.4, 0.5) is 8.78 Å². The molecule has 1 unspecified atom stereocenters. The van der Waals surface area contributed by atoms with Crippen molar-refractivity contribution in [3.8, 4) is 0 Å². The second-order valence-electron chi connectivity index (χ2n) is 5.80. The Morgan fingerprint density at radius 2 is 2.04 bits per heavy atom. The van der Waals surface area contributed by atoms with Gasteiger partial charge in [0, 0.05) is 25.2 Å². The number of benzene rings is 1. The van der Waals surface area contributed by atoms with Crippen LogP contribution in [0.2, 0.25) is 0 Å². The Morgan fingerprint density at radius 3 is 2.67 bits per heavy atom. The Morgan fingerprint density at radius 1 is 1.38 bits per heavy atom. The number of hydrogen-bond donors (Lipinski definition) is 1. The van der Waals surface area contributed by atoms with Crippen molar-refractivity contribution in [1.29, 1.82) is 0 Å². The van der Waals surface area contributed by atoms with Crippen molar-refractivity contribution in [3.63, 3.8) is 0 Å². The topological polar surface area (TPSA) is 70.1 Å². The third-order valence-electron chi connectivity index (χ3n) is 3.80. The first-order valence-corrected chi connectivity index (χ1v) is 7.59. The van der Waals surface area contributed by atoms with E-state index in [1.807, 2.05) is 0 Å². The number of ether oxygens (including phenoxy) is 1. The zero-order valence-electron chi connectivity index (χ0n) is 13.4. The van der Waals surface area contributed by atoms with Gasteiger partial charge in [-0.25, -0.2) is 8.78 Å². The van der Waals surface area contributed by atoms with Crippen LogP contribution in [0.25, 0.3) is 0 Å². The quantitative estimate of drug-likeness (QED) is 0.826. The minimum Gasteiger partial charge on any atom is -0.480 e. The molecule has 1 heterocycles. The molecular weight excluding hydrogens is 322 g/mol. The SMILES string of the molecule is CN(CC(=O)O)CC1CN(C(=O)Cc2c(F)cccc2F)CCO1. The highest BCUT2D eigenvalue weighted by molar-refractivity contribution is 5.79. The van der Waals surface area contributed by atoms with Crippen molar-refractivity contribution in [2.75, 3.05) is 39.8 Å². The zero-order chi connectivity index (χ0) is 17.7. The number of carboxylic acid groups (broad SMARTS) is 1. The molecule has 1 aliphatic rings. The minimum atomic E-state index is -0.948. The van der Waals surface area contributed by atoms with Crippen LogP contribution < -0.4 is 0 Å². The van der Waals surface area contributed by atoms with E-state index in [9.17, 15) is 18.4 Å². The van der Waals surface area contributed by atoms with Crippen molar-refractivity contribution in [1.82, 2.24) is 9.80 Å². The van der Waals surface area contributed by atoms with Crippen molar-refractivity contribution >= 4 is 11.9 Å². The normalized spacial score (nSPS) is 18.0. The van der Waals surface area contributed by atoms with Crippen LogP contribution in [-0.2, 0) is 20.7 Å². The molecule has 0 radical (unpaired) electrons. The lowest BCUT2D eigenvalue weighted by Gasteiger charge is -2.34. The second kappa shape index (κ2) is 8.16. The molecule has 1 aliphatic heterocycles. The summed E-state index contributed by atoms with van der Waals surface area (Å²) in [5.74, 6) is -2.81. The maximum atomic E-state index is 13.7. The van der Waals surface area contributed by atoms with Crippen molar-refractivity contribution < 1.29 is 28.2 Å². The summed E-state index contributed by atoms with van der Waals surface area (Å²) in [5.41, 5.74) is -0.242. The average Bonchev–Trinajstić information content (AvgIpc) is 2.50. The highest BCUT2D eigenvalue weighted by atomic mass is 19.1. The van der Waals surface area contributed by atoms with E-state index in [2.05, 4.69) is 0 Å². The molecule has 1 aromatic carbocycles. The average molecular weight is 342 g/mol. The second-order valence-corrected chi connectivity index (χ2v) is 5.80. The lowest BCUT2D eigenvalue weighted by molar-refractivity contribution is -0.142. The fourth-order valence-electron chi connectivity index (χ4n) is 2.66. The van der Waals surface area contributed by atoms with Gasteiger partial charge in [0.15, 0.2) is 0 Å². The number of carbonyl (C=O) groups excluding carboxylic acids is 1. The van der Waals surface area contributed by atoms with Gasteiger partial charge in [-0.05, 0) is 19.2 Å². The molecule has 6 nitrogen and oxygen atoms in total. The zero-order valence-corrected chi connectivity index (χ0v) is 13.4. The summed E-state index contributed by atoms with van der Waals surface area (Å²) in [6.07, 6.45) is -0.687. The summed E-state index contributed by atoms with van der Waals surface area (Å²) >= 11 is 0. The van der Waals surface area contributed by atoms with E-state index in [0.717, 1.165) is 12.1 Å². The molecule has 8 heteroatoms. The van der Waals surface area contributed by atoms with Gasteiger partial charge >= 0.3 is 5.97 Å². The maximum absolute atomic E-state index is 13.7. The number of halogens is 2. The summed E-state index contributed by atoms with van der Waals surface area (Å²) in [4.78, 5) is 26.1. The third kappa shape index (κ3) is 4.97. The Bertz CT molecular complexity index is 591. The standard InChI is InChI=1S/C16H20F2N2O4/c1-19(10-16(22)23)8-11-9-20(5-6-24-11)15(21)7-12-13(17)3-2-4-14(12)18/h2-4,11H,5-10H2,1H3,(H,22,23). The molecule has 1 N–H and O–H groups in total. The molecule has 1 amide bonds. The van der Waals surface area contributed by atoms with Crippen LogP contribution in [0.3, 0.4) is 0 Å². The molecular formula is C16H20F2N2O4. The first kappa shape index (κ1) is 18.3. The summed E-state index contributed by atoms with van der Waals surface area (Å²) in [7, 11) is 1.65. The van der Waals surface area contributed by atoms with Crippen LogP contribution in [-0.4, -0.2) is 72.7 Å². The smallest absolute Gasteiger partial charge is 0.317 e. The lowest BCUT2D eigenvalue weighted by Crippen LogP contribution is -2.50. The Hall–Kier alpha value is -2.06. The van der Waals surface area contributed by atoms with Crippen LogP contribution in [0.5, 0.6) is 0 Å². The van der Waals surface area contributed by atoms with Gasteiger partial charge in [-0.2, -0.15) is 0 Å². The molecule has 1 atom stereocenters. The van der Waals surface area contributed by atoms with Crippen molar-refractivity contribution in [2.45, 2.75) is 12.5 Å². The Kier molecular flexibility index (Phi) is 6.22. The predicted molar refractivity (Wildman–Crippen MR) is 81.5 cm³/mol. The van der Waals surface area contributed by atoms with Crippen LogP contribution in [0.1, 0.15) is 5.56 Å². The molecule has 0 saturated carbocycles. The fraction of sp³-hybridized carbons (Fsp3) is 0.500. The molecule has 0 aromatic heterocycles. The number of carbonyl (C=O) groups is 2. The van der Waals surface area contributed by atoms with Crippen LogP contribution in [0.15, 0.2) is 18.2 Å². The van der Waals surface area contributed by atoms with Crippen molar-refractivity contribution in [2.24, 2.45) is 0 Å². The Labute approximate surface area is 138 Å². The number of amides is 1. The van der Waals surface area contributed by atoms with Gasteiger partial charge in [0.1, 0.15) is 11.6 Å². The summed E-state index contributed by atoms with van der Waals surface area (Å²) < 4.78 is 32.8. The van der Waals surface area contributed by atoms with Gasteiger partial charge in [0.05, 0.1) is 25.7 Å². The molecule has 1 saturated heterocycles. The predicted octanol–water partition coefficient (Wildman–Crippen LogP) is 0.751. The number of morpholine rings is 1. The van der Waals surface area contributed by atoms with E-state index >= 15 is 0 Å². The molecule has 1 aromatic rings. The van der Waals surface area contributed by atoms with E-state index in [1.165, 1.54) is 11.0 Å². The van der Waals surface area contributed by atoms with E-state index in [-0.39, 0.29) is 37.1 Å². The molecule has 132 valence electrons. The van der Waals surface area contributed by atoms with Gasteiger partial charge in [-0.15, -0.1) is 0 Å². The largest absolute Gasteiger partial charge is 0.480 e. The highest BCUT2D eigenvalue weighted by Gasteiger charge is 2.26. The lowest BCUT2D eigenvalue weighted by atomic mass is 10.1. The summed E-state index contributed by atoms with van der Waals surface area (Å²) in [6, 6.07) is 3.49.